The Hall–Kier alpha value is -2.98. The highest BCUT2D eigenvalue weighted by molar-refractivity contribution is 8.26. The summed E-state index contributed by atoms with van der Waals surface area (Å²) in [6.45, 7) is 6.29. The van der Waals surface area contributed by atoms with Crippen LogP contribution < -0.4 is 5.32 Å². The van der Waals surface area contributed by atoms with Crippen LogP contribution in [0.15, 0.2) is 58.0 Å². The van der Waals surface area contributed by atoms with Crippen LogP contribution in [-0.2, 0) is 12.3 Å². The van der Waals surface area contributed by atoms with Crippen molar-refractivity contribution in [3.8, 4) is 11.5 Å². The van der Waals surface area contributed by atoms with Gasteiger partial charge in [0.1, 0.15) is 11.5 Å². The molecule has 1 atom stereocenters. The van der Waals surface area contributed by atoms with Gasteiger partial charge in [0.2, 0.25) is 5.89 Å². The Kier molecular flexibility index (Phi) is 7.48. The SMILES string of the molecule is Cc1ccc(CNC(=O)c2ccc(-c3nc(CS(O)(O)C4=CC(N5CCCC5)CC4)c(C)o3)cc2)cn1. The highest BCUT2D eigenvalue weighted by Gasteiger charge is 2.31. The first-order valence-electron chi connectivity index (χ1n) is 12.8. The number of carbonyl (C=O) groups excluding carboxylic acids is 1. The number of hydrogen-bond donors (Lipinski definition) is 3. The Morgan fingerprint density at radius 3 is 2.59 bits per heavy atom. The molecule has 3 aromatic rings. The molecule has 2 aliphatic rings. The van der Waals surface area contributed by atoms with Crippen LogP contribution in [0, 0.1) is 13.8 Å². The summed E-state index contributed by atoms with van der Waals surface area (Å²) in [6, 6.07) is 11.2. The molecule has 2 aromatic heterocycles. The van der Waals surface area contributed by atoms with E-state index in [1.165, 1.54) is 12.8 Å². The predicted octanol–water partition coefficient (Wildman–Crippen LogP) is 5.68. The number of oxazole rings is 1. The maximum atomic E-state index is 12.5. The van der Waals surface area contributed by atoms with Crippen molar-refractivity contribution in [1.82, 2.24) is 20.2 Å². The first kappa shape index (κ1) is 25.7. The molecular formula is C28H34N4O4S. The van der Waals surface area contributed by atoms with Crippen molar-refractivity contribution in [2.75, 3.05) is 13.1 Å². The molecule has 1 aliphatic heterocycles. The molecule has 9 heteroatoms. The second kappa shape index (κ2) is 10.8. The average Bonchev–Trinajstić information content (AvgIpc) is 3.65. The number of benzene rings is 1. The lowest BCUT2D eigenvalue weighted by Crippen LogP contribution is -2.29. The molecule has 3 N–H and O–H groups in total. The third kappa shape index (κ3) is 5.96. The molecular weight excluding hydrogens is 488 g/mol. The van der Waals surface area contributed by atoms with Gasteiger partial charge < -0.3 is 9.73 Å². The first-order valence-corrected chi connectivity index (χ1v) is 14.5. The van der Waals surface area contributed by atoms with E-state index >= 15 is 0 Å². The lowest BCUT2D eigenvalue weighted by molar-refractivity contribution is 0.0951. The molecule has 196 valence electrons. The largest absolute Gasteiger partial charge is 0.441 e. The van der Waals surface area contributed by atoms with E-state index in [1.807, 2.05) is 19.1 Å². The lowest BCUT2D eigenvalue weighted by Gasteiger charge is -2.33. The number of nitrogens with one attached hydrogen (secondary N) is 1. The number of likely N-dealkylation sites (tertiary alicyclic amines) is 1. The topological polar surface area (TPSA) is 112 Å². The van der Waals surface area contributed by atoms with E-state index in [0.717, 1.165) is 41.2 Å². The number of pyridine rings is 1. The summed E-state index contributed by atoms with van der Waals surface area (Å²) in [5, 5.41) is 2.90. The van der Waals surface area contributed by atoms with Crippen LogP contribution in [0.3, 0.4) is 0 Å². The van der Waals surface area contributed by atoms with E-state index < -0.39 is 10.6 Å². The minimum absolute atomic E-state index is 0.0508. The Morgan fingerprint density at radius 1 is 1.14 bits per heavy atom. The van der Waals surface area contributed by atoms with E-state index in [9.17, 15) is 13.9 Å². The van der Waals surface area contributed by atoms with E-state index in [4.69, 9.17) is 4.42 Å². The molecule has 1 saturated heterocycles. The summed E-state index contributed by atoms with van der Waals surface area (Å²) >= 11 is 0. The number of aryl methyl sites for hydroxylation is 2. The van der Waals surface area contributed by atoms with Gasteiger partial charge in [-0.1, -0.05) is 6.07 Å². The van der Waals surface area contributed by atoms with E-state index in [2.05, 4.69) is 26.3 Å². The fourth-order valence-electron chi connectivity index (χ4n) is 4.93. The number of amides is 1. The molecule has 0 radical (unpaired) electrons. The third-order valence-corrected chi connectivity index (χ3v) is 9.00. The predicted molar refractivity (Wildman–Crippen MR) is 145 cm³/mol. The van der Waals surface area contributed by atoms with Gasteiger partial charge in [-0.05, 0) is 94.6 Å². The quantitative estimate of drug-likeness (QED) is 0.349. The molecule has 8 nitrogen and oxygen atoms in total. The van der Waals surface area contributed by atoms with Crippen molar-refractivity contribution >= 4 is 16.5 Å². The second-order valence-electron chi connectivity index (χ2n) is 9.88. The van der Waals surface area contributed by atoms with E-state index in [1.54, 1.807) is 37.4 Å². The number of rotatable bonds is 8. The summed E-state index contributed by atoms with van der Waals surface area (Å²) < 4.78 is 27.9. The van der Waals surface area contributed by atoms with Gasteiger partial charge in [-0.25, -0.2) is 4.98 Å². The summed E-state index contributed by atoms with van der Waals surface area (Å²) in [6.07, 6.45) is 7.90. The van der Waals surface area contributed by atoms with Crippen LogP contribution in [0.1, 0.15) is 58.8 Å². The van der Waals surface area contributed by atoms with Gasteiger partial charge >= 0.3 is 0 Å². The zero-order chi connectivity index (χ0) is 26.0. The molecule has 1 fully saturated rings. The number of hydrogen-bond acceptors (Lipinski definition) is 7. The molecule has 0 saturated carbocycles. The molecule has 0 spiro atoms. The number of nitrogens with zero attached hydrogens (tertiary/aromatic N) is 3. The van der Waals surface area contributed by atoms with Crippen molar-refractivity contribution in [1.29, 1.82) is 0 Å². The Labute approximate surface area is 219 Å². The van der Waals surface area contributed by atoms with Crippen molar-refractivity contribution in [2.24, 2.45) is 0 Å². The normalized spacial score (nSPS) is 18.7. The highest BCUT2D eigenvalue weighted by Crippen LogP contribution is 2.55. The molecule has 5 rings (SSSR count). The minimum Gasteiger partial charge on any atom is -0.441 e. The zero-order valence-electron chi connectivity index (χ0n) is 21.3. The third-order valence-electron chi connectivity index (χ3n) is 7.14. The zero-order valence-corrected chi connectivity index (χ0v) is 22.1. The summed E-state index contributed by atoms with van der Waals surface area (Å²) in [7, 11) is -2.96. The Balaban J connectivity index is 1.22. The van der Waals surface area contributed by atoms with Crippen molar-refractivity contribution in [3.05, 3.63) is 81.9 Å². The summed E-state index contributed by atoms with van der Waals surface area (Å²) in [5.41, 5.74) is 3.67. The van der Waals surface area contributed by atoms with Gasteiger partial charge in [0.15, 0.2) is 0 Å². The van der Waals surface area contributed by atoms with Crippen molar-refractivity contribution in [3.63, 3.8) is 0 Å². The van der Waals surface area contributed by atoms with Gasteiger partial charge in [0.05, 0.1) is 5.75 Å². The maximum absolute atomic E-state index is 12.5. The van der Waals surface area contributed by atoms with E-state index in [-0.39, 0.29) is 11.7 Å². The molecule has 1 amide bonds. The fraction of sp³-hybridized carbons (Fsp3) is 0.393. The molecule has 37 heavy (non-hydrogen) atoms. The van der Waals surface area contributed by atoms with Crippen LogP contribution in [0.5, 0.6) is 0 Å². The maximum Gasteiger partial charge on any atom is 0.251 e. The summed E-state index contributed by atoms with van der Waals surface area (Å²) in [5.74, 6) is 0.839. The highest BCUT2D eigenvalue weighted by atomic mass is 32.3. The smallest absolute Gasteiger partial charge is 0.251 e. The van der Waals surface area contributed by atoms with E-state index in [0.29, 0.717) is 41.9 Å². The molecule has 1 aromatic carbocycles. The Bertz CT molecular complexity index is 1280. The number of allylic oxidation sites excluding steroid dienone is 1. The average molecular weight is 523 g/mol. The van der Waals surface area contributed by atoms with Gasteiger partial charge in [-0.15, -0.1) is 0 Å². The van der Waals surface area contributed by atoms with Crippen molar-refractivity contribution < 1.29 is 18.3 Å². The van der Waals surface area contributed by atoms with Crippen molar-refractivity contribution in [2.45, 2.75) is 57.9 Å². The number of aromatic nitrogens is 2. The van der Waals surface area contributed by atoms with Crippen LogP contribution in [0.25, 0.3) is 11.5 Å². The van der Waals surface area contributed by atoms with Gasteiger partial charge in [-0.3, -0.25) is 23.8 Å². The van der Waals surface area contributed by atoms with Crippen LogP contribution in [0.4, 0.5) is 0 Å². The molecule has 3 heterocycles. The lowest BCUT2D eigenvalue weighted by atomic mass is 10.1. The van der Waals surface area contributed by atoms with Crippen LogP contribution in [-0.4, -0.2) is 49.0 Å². The molecule has 0 bridgehead atoms. The standard InChI is InChI=1S/C28H34N4O4S/c1-19-5-6-21(16-29-19)17-30-27(33)22-7-9-23(10-8-22)28-31-26(20(2)36-28)18-37(34,35)25-12-11-24(15-25)32-13-3-4-14-32/h5-10,15-16,24,34-35H,3-4,11-14,17-18H2,1-2H3,(H,30,33). The summed E-state index contributed by atoms with van der Waals surface area (Å²) in [4.78, 5) is 24.6. The fourth-order valence-corrected chi connectivity index (χ4v) is 6.58. The van der Waals surface area contributed by atoms with Gasteiger partial charge in [-0.2, -0.15) is 10.6 Å². The minimum atomic E-state index is -2.96. The number of carbonyl (C=O) groups is 1. The molecule has 1 unspecified atom stereocenters. The van der Waals surface area contributed by atoms with Crippen LogP contribution >= 0.6 is 10.6 Å². The second-order valence-corrected chi connectivity index (χ2v) is 12.0. The van der Waals surface area contributed by atoms with Gasteiger partial charge in [0, 0.05) is 40.5 Å². The molecule has 1 aliphatic carbocycles. The first-order chi connectivity index (χ1) is 17.8. The van der Waals surface area contributed by atoms with Gasteiger partial charge in [0.25, 0.3) is 5.91 Å². The monoisotopic (exact) mass is 522 g/mol. The van der Waals surface area contributed by atoms with Crippen LogP contribution in [0.2, 0.25) is 0 Å². The Morgan fingerprint density at radius 2 is 1.89 bits per heavy atom.